The standard InChI is InChI=1S/C20H21FN4O/c1-24-10-3-5-19(24)18-12-17(22-23-18)15-4-2-11-25(13-15)20(26)14-6-8-16(21)9-7-14/h3,5-10,12,15H,2,4,11,13H2,1H3,(H,22,23)/t15-/m0/s1. The van der Waals surface area contributed by atoms with Gasteiger partial charge in [0.25, 0.3) is 5.91 Å². The Hall–Kier alpha value is -2.89. The molecule has 1 N–H and O–H groups in total. The molecule has 134 valence electrons. The molecular formula is C20H21FN4O. The van der Waals surface area contributed by atoms with Crippen LogP contribution in [-0.2, 0) is 7.05 Å². The molecule has 5 nitrogen and oxygen atoms in total. The number of likely N-dealkylation sites (tertiary alicyclic amines) is 1. The lowest BCUT2D eigenvalue weighted by Gasteiger charge is -2.32. The van der Waals surface area contributed by atoms with Gasteiger partial charge in [-0.25, -0.2) is 4.39 Å². The van der Waals surface area contributed by atoms with Crippen molar-refractivity contribution in [3.8, 4) is 11.4 Å². The van der Waals surface area contributed by atoms with Crippen molar-refractivity contribution in [2.45, 2.75) is 18.8 Å². The summed E-state index contributed by atoms with van der Waals surface area (Å²) in [5.41, 5.74) is 3.55. The van der Waals surface area contributed by atoms with Crippen LogP contribution in [0.2, 0.25) is 0 Å². The second-order valence-electron chi connectivity index (χ2n) is 6.81. The molecule has 1 fully saturated rings. The molecule has 0 aliphatic carbocycles. The highest BCUT2D eigenvalue weighted by molar-refractivity contribution is 5.94. The van der Waals surface area contributed by atoms with Gasteiger partial charge < -0.3 is 9.47 Å². The van der Waals surface area contributed by atoms with Crippen molar-refractivity contribution in [2.75, 3.05) is 13.1 Å². The lowest BCUT2D eigenvalue weighted by atomic mass is 9.94. The molecule has 3 aromatic rings. The minimum absolute atomic E-state index is 0.0446. The molecular weight excluding hydrogens is 331 g/mol. The number of aromatic amines is 1. The number of halogens is 1. The largest absolute Gasteiger partial charge is 0.349 e. The number of amides is 1. The topological polar surface area (TPSA) is 53.9 Å². The van der Waals surface area contributed by atoms with Gasteiger partial charge in [-0.15, -0.1) is 0 Å². The quantitative estimate of drug-likeness (QED) is 0.783. The van der Waals surface area contributed by atoms with E-state index >= 15 is 0 Å². The number of nitrogens with zero attached hydrogens (tertiary/aromatic N) is 3. The van der Waals surface area contributed by atoms with Crippen molar-refractivity contribution in [1.82, 2.24) is 19.7 Å². The third-order valence-electron chi connectivity index (χ3n) is 5.04. The Kier molecular flexibility index (Phi) is 4.32. The van der Waals surface area contributed by atoms with Crippen LogP contribution in [0.5, 0.6) is 0 Å². The molecule has 3 heterocycles. The Morgan fingerprint density at radius 2 is 2.08 bits per heavy atom. The zero-order valence-electron chi connectivity index (χ0n) is 14.7. The van der Waals surface area contributed by atoms with Crippen LogP contribution in [0, 0.1) is 5.82 Å². The second-order valence-corrected chi connectivity index (χ2v) is 6.81. The Balaban J connectivity index is 1.50. The van der Waals surface area contributed by atoms with E-state index in [-0.39, 0.29) is 17.6 Å². The van der Waals surface area contributed by atoms with Crippen LogP contribution in [-0.4, -0.2) is 38.7 Å². The van der Waals surface area contributed by atoms with E-state index in [9.17, 15) is 9.18 Å². The molecule has 1 aromatic carbocycles. The molecule has 4 rings (SSSR count). The number of aryl methyl sites for hydroxylation is 1. The number of benzene rings is 1. The van der Waals surface area contributed by atoms with Crippen molar-refractivity contribution < 1.29 is 9.18 Å². The van der Waals surface area contributed by atoms with Gasteiger partial charge in [-0.1, -0.05) is 0 Å². The molecule has 1 aliphatic heterocycles. The van der Waals surface area contributed by atoms with E-state index in [2.05, 4.69) is 16.3 Å². The molecule has 1 saturated heterocycles. The molecule has 1 atom stereocenters. The fourth-order valence-electron chi connectivity index (χ4n) is 3.59. The predicted molar refractivity (Wildman–Crippen MR) is 97.3 cm³/mol. The van der Waals surface area contributed by atoms with Gasteiger partial charge in [-0.05, 0) is 55.3 Å². The lowest BCUT2D eigenvalue weighted by Crippen LogP contribution is -2.39. The van der Waals surface area contributed by atoms with Crippen molar-refractivity contribution >= 4 is 5.91 Å². The Labute approximate surface area is 151 Å². The minimum atomic E-state index is -0.330. The summed E-state index contributed by atoms with van der Waals surface area (Å²) in [6.07, 6.45) is 3.95. The summed E-state index contributed by atoms with van der Waals surface area (Å²) in [7, 11) is 1.99. The Morgan fingerprint density at radius 1 is 1.27 bits per heavy atom. The third kappa shape index (κ3) is 3.14. The van der Waals surface area contributed by atoms with E-state index in [1.54, 1.807) is 12.1 Å². The van der Waals surface area contributed by atoms with Crippen molar-refractivity contribution in [2.24, 2.45) is 7.05 Å². The molecule has 0 radical (unpaired) electrons. The van der Waals surface area contributed by atoms with Crippen LogP contribution in [0.15, 0.2) is 48.7 Å². The van der Waals surface area contributed by atoms with Gasteiger partial charge in [0.05, 0.1) is 5.69 Å². The Morgan fingerprint density at radius 3 is 2.81 bits per heavy atom. The highest BCUT2D eigenvalue weighted by Crippen LogP contribution is 2.29. The predicted octanol–water partition coefficient (Wildman–Crippen LogP) is 3.57. The van der Waals surface area contributed by atoms with Gasteiger partial charge in [0.15, 0.2) is 0 Å². The van der Waals surface area contributed by atoms with Crippen LogP contribution < -0.4 is 0 Å². The van der Waals surface area contributed by atoms with E-state index in [4.69, 9.17) is 0 Å². The molecule has 0 bridgehead atoms. The first kappa shape index (κ1) is 16.6. The van der Waals surface area contributed by atoms with Crippen LogP contribution in [0.4, 0.5) is 4.39 Å². The van der Waals surface area contributed by atoms with E-state index < -0.39 is 0 Å². The third-order valence-corrected chi connectivity index (χ3v) is 5.04. The first-order chi connectivity index (χ1) is 12.6. The first-order valence-corrected chi connectivity index (χ1v) is 8.83. The van der Waals surface area contributed by atoms with Gasteiger partial charge >= 0.3 is 0 Å². The maximum Gasteiger partial charge on any atom is 0.253 e. The van der Waals surface area contributed by atoms with E-state index in [0.29, 0.717) is 12.1 Å². The smallest absolute Gasteiger partial charge is 0.253 e. The van der Waals surface area contributed by atoms with Crippen molar-refractivity contribution in [3.63, 3.8) is 0 Å². The van der Waals surface area contributed by atoms with Crippen LogP contribution in [0.25, 0.3) is 11.4 Å². The number of rotatable bonds is 3. The normalized spacial score (nSPS) is 17.5. The van der Waals surface area contributed by atoms with Gasteiger partial charge in [-0.3, -0.25) is 9.89 Å². The maximum absolute atomic E-state index is 13.1. The van der Waals surface area contributed by atoms with Gasteiger partial charge in [0, 0.05) is 43.5 Å². The highest BCUT2D eigenvalue weighted by Gasteiger charge is 2.27. The number of carbonyl (C=O) groups excluding carboxylic acids is 1. The molecule has 0 unspecified atom stereocenters. The van der Waals surface area contributed by atoms with Gasteiger partial charge in [0.2, 0.25) is 0 Å². The minimum Gasteiger partial charge on any atom is -0.349 e. The zero-order valence-corrected chi connectivity index (χ0v) is 14.7. The van der Waals surface area contributed by atoms with Crippen molar-refractivity contribution in [1.29, 1.82) is 0 Å². The number of aromatic nitrogens is 3. The van der Waals surface area contributed by atoms with Crippen LogP contribution >= 0.6 is 0 Å². The summed E-state index contributed by atoms with van der Waals surface area (Å²) >= 11 is 0. The second kappa shape index (κ2) is 6.78. The maximum atomic E-state index is 13.1. The number of nitrogens with one attached hydrogen (secondary N) is 1. The summed E-state index contributed by atoms with van der Waals surface area (Å²) in [5, 5.41) is 7.59. The summed E-state index contributed by atoms with van der Waals surface area (Å²) in [6, 6.07) is 11.9. The molecule has 6 heteroatoms. The molecule has 0 saturated carbocycles. The number of hydrogen-bond donors (Lipinski definition) is 1. The van der Waals surface area contributed by atoms with Crippen LogP contribution in [0.3, 0.4) is 0 Å². The SMILES string of the molecule is Cn1cccc1-c1cc([C@H]2CCCN(C(=O)c3ccc(F)cc3)C2)[nH]n1. The van der Waals surface area contributed by atoms with E-state index in [1.807, 2.05) is 34.8 Å². The highest BCUT2D eigenvalue weighted by atomic mass is 19.1. The zero-order chi connectivity index (χ0) is 18.1. The number of hydrogen-bond acceptors (Lipinski definition) is 2. The monoisotopic (exact) mass is 352 g/mol. The average Bonchev–Trinajstić information content (AvgIpc) is 3.30. The molecule has 1 aliphatic rings. The summed E-state index contributed by atoms with van der Waals surface area (Å²) in [6.45, 7) is 1.37. The van der Waals surface area contributed by atoms with Gasteiger partial charge in [-0.2, -0.15) is 5.10 Å². The molecule has 1 amide bonds. The first-order valence-electron chi connectivity index (χ1n) is 8.83. The number of carbonyl (C=O) groups is 1. The molecule has 2 aromatic heterocycles. The molecule has 0 spiro atoms. The van der Waals surface area contributed by atoms with Crippen LogP contribution in [0.1, 0.15) is 34.8 Å². The molecule has 26 heavy (non-hydrogen) atoms. The Bertz CT molecular complexity index is 912. The summed E-state index contributed by atoms with van der Waals surface area (Å²) in [5.74, 6) is -0.143. The fraction of sp³-hybridized carbons (Fsp3) is 0.300. The van der Waals surface area contributed by atoms with E-state index in [0.717, 1.165) is 36.5 Å². The lowest BCUT2D eigenvalue weighted by molar-refractivity contribution is 0.0706. The average molecular weight is 352 g/mol. The summed E-state index contributed by atoms with van der Waals surface area (Å²) < 4.78 is 15.1. The fourth-order valence-corrected chi connectivity index (χ4v) is 3.59. The number of H-pyrrole nitrogens is 1. The van der Waals surface area contributed by atoms with Crippen molar-refractivity contribution in [3.05, 3.63) is 65.7 Å². The van der Waals surface area contributed by atoms with E-state index in [1.165, 1.54) is 12.1 Å². The summed E-state index contributed by atoms with van der Waals surface area (Å²) in [4.78, 5) is 14.6. The van der Waals surface area contributed by atoms with Gasteiger partial charge in [0.1, 0.15) is 11.5 Å². The number of piperidine rings is 1.